The van der Waals surface area contributed by atoms with Gasteiger partial charge in [0.15, 0.2) is 0 Å². The molecule has 2 heterocycles. The highest BCUT2D eigenvalue weighted by Crippen LogP contribution is 2.29. The summed E-state index contributed by atoms with van der Waals surface area (Å²) >= 11 is 0. The Bertz CT molecular complexity index is 700. The first kappa shape index (κ1) is 14.2. The average Bonchev–Trinajstić information content (AvgIpc) is 2.65. The number of fused-ring (bicyclic) bond motifs is 1. The van der Waals surface area contributed by atoms with Crippen LogP contribution in [0.2, 0.25) is 0 Å². The van der Waals surface area contributed by atoms with Gasteiger partial charge < -0.3 is 5.32 Å². The van der Waals surface area contributed by atoms with Crippen LogP contribution >= 0.6 is 0 Å². The highest BCUT2D eigenvalue weighted by molar-refractivity contribution is 6.23. The van der Waals surface area contributed by atoms with Gasteiger partial charge in [-0.05, 0) is 25.3 Å². The second-order valence-electron chi connectivity index (χ2n) is 5.27. The first-order valence-corrected chi connectivity index (χ1v) is 6.95. The molecule has 0 aromatic heterocycles. The molecule has 2 aliphatic heterocycles. The van der Waals surface area contributed by atoms with Gasteiger partial charge in [-0.2, -0.15) is 0 Å². The molecule has 1 fully saturated rings. The summed E-state index contributed by atoms with van der Waals surface area (Å²) in [5.74, 6) is -1.58. The highest BCUT2D eigenvalue weighted by Gasteiger charge is 2.43. The molecular weight excluding hydrogens is 290 g/mol. The van der Waals surface area contributed by atoms with E-state index < -0.39 is 22.8 Å². The maximum absolute atomic E-state index is 12.4. The smallest absolute Gasteiger partial charge is 0.270 e. The van der Waals surface area contributed by atoms with Crippen molar-refractivity contribution in [3.05, 3.63) is 39.4 Å². The summed E-state index contributed by atoms with van der Waals surface area (Å²) in [6.07, 6.45) is 1.91. The Morgan fingerprint density at radius 2 is 1.86 bits per heavy atom. The Balaban J connectivity index is 1.99. The lowest BCUT2D eigenvalue weighted by molar-refractivity contribution is -0.384. The van der Waals surface area contributed by atoms with Crippen molar-refractivity contribution >= 4 is 23.4 Å². The SMILES string of the molecule is O=C1NCCCCC1N1C(=O)c2ccc([N+](=O)[O-])cc2C1=O. The Hall–Kier alpha value is -2.77. The first-order chi connectivity index (χ1) is 10.5. The van der Waals surface area contributed by atoms with E-state index in [0.717, 1.165) is 23.8 Å². The molecular formula is C14H13N3O5. The van der Waals surface area contributed by atoms with Crippen molar-refractivity contribution in [2.75, 3.05) is 6.54 Å². The number of non-ortho nitro benzene ring substituents is 1. The van der Waals surface area contributed by atoms with Gasteiger partial charge in [0.05, 0.1) is 16.1 Å². The van der Waals surface area contributed by atoms with Crippen molar-refractivity contribution in [3.8, 4) is 0 Å². The lowest BCUT2D eigenvalue weighted by Gasteiger charge is -2.23. The van der Waals surface area contributed by atoms with Gasteiger partial charge in [-0.15, -0.1) is 0 Å². The molecule has 0 aliphatic carbocycles. The Labute approximate surface area is 125 Å². The van der Waals surface area contributed by atoms with Gasteiger partial charge >= 0.3 is 0 Å². The maximum Gasteiger partial charge on any atom is 0.270 e. The molecule has 3 amide bonds. The van der Waals surface area contributed by atoms with E-state index in [1.54, 1.807) is 0 Å². The lowest BCUT2D eigenvalue weighted by Crippen LogP contribution is -2.48. The van der Waals surface area contributed by atoms with Gasteiger partial charge in [0, 0.05) is 18.7 Å². The predicted molar refractivity (Wildman–Crippen MR) is 74.2 cm³/mol. The number of benzene rings is 1. The van der Waals surface area contributed by atoms with E-state index in [2.05, 4.69) is 5.32 Å². The largest absolute Gasteiger partial charge is 0.354 e. The molecule has 0 radical (unpaired) electrons. The van der Waals surface area contributed by atoms with E-state index in [4.69, 9.17) is 0 Å². The Kier molecular flexibility index (Phi) is 3.36. The Morgan fingerprint density at radius 1 is 1.14 bits per heavy atom. The van der Waals surface area contributed by atoms with Gasteiger partial charge in [-0.1, -0.05) is 0 Å². The monoisotopic (exact) mass is 303 g/mol. The number of amides is 3. The minimum Gasteiger partial charge on any atom is -0.354 e. The van der Waals surface area contributed by atoms with Gasteiger partial charge in [0.1, 0.15) is 6.04 Å². The minimum absolute atomic E-state index is 0.0174. The molecule has 1 saturated heterocycles. The predicted octanol–water partition coefficient (Wildman–Crippen LogP) is 0.859. The third-order valence-corrected chi connectivity index (χ3v) is 3.93. The number of nitro groups is 1. The van der Waals surface area contributed by atoms with Crippen molar-refractivity contribution in [3.63, 3.8) is 0 Å². The van der Waals surface area contributed by atoms with E-state index in [0.29, 0.717) is 13.0 Å². The molecule has 2 aliphatic rings. The van der Waals surface area contributed by atoms with Crippen LogP contribution < -0.4 is 5.32 Å². The lowest BCUT2D eigenvalue weighted by atomic mass is 10.1. The summed E-state index contributed by atoms with van der Waals surface area (Å²) in [4.78, 5) is 48.0. The van der Waals surface area contributed by atoms with Crippen LogP contribution in [-0.4, -0.2) is 40.1 Å². The molecule has 1 atom stereocenters. The van der Waals surface area contributed by atoms with Crippen molar-refractivity contribution < 1.29 is 19.3 Å². The molecule has 114 valence electrons. The topological polar surface area (TPSA) is 110 Å². The zero-order valence-electron chi connectivity index (χ0n) is 11.6. The molecule has 1 unspecified atom stereocenters. The van der Waals surface area contributed by atoms with Gasteiger partial charge in [0.25, 0.3) is 17.5 Å². The molecule has 0 saturated carbocycles. The number of nitrogens with one attached hydrogen (secondary N) is 1. The maximum atomic E-state index is 12.4. The molecule has 22 heavy (non-hydrogen) atoms. The number of nitro benzene ring substituents is 1. The van der Waals surface area contributed by atoms with Crippen LogP contribution in [0.4, 0.5) is 5.69 Å². The van der Waals surface area contributed by atoms with Crippen LogP contribution in [0.25, 0.3) is 0 Å². The summed E-state index contributed by atoms with van der Waals surface area (Å²) in [6.45, 7) is 0.518. The van der Waals surface area contributed by atoms with Crippen LogP contribution in [0.15, 0.2) is 18.2 Å². The normalized spacial score (nSPS) is 21.4. The number of carbonyl (C=O) groups excluding carboxylic acids is 3. The van der Waals surface area contributed by atoms with Crippen molar-refractivity contribution in [1.82, 2.24) is 10.2 Å². The fraction of sp³-hybridized carbons (Fsp3) is 0.357. The fourth-order valence-electron chi connectivity index (χ4n) is 2.81. The summed E-state index contributed by atoms with van der Waals surface area (Å²) < 4.78 is 0. The summed E-state index contributed by atoms with van der Waals surface area (Å²) in [5, 5.41) is 13.5. The fourth-order valence-corrected chi connectivity index (χ4v) is 2.81. The first-order valence-electron chi connectivity index (χ1n) is 6.95. The third-order valence-electron chi connectivity index (χ3n) is 3.93. The summed E-state index contributed by atoms with van der Waals surface area (Å²) in [7, 11) is 0. The zero-order chi connectivity index (χ0) is 15.9. The van der Waals surface area contributed by atoms with Crippen molar-refractivity contribution in [2.45, 2.75) is 25.3 Å². The van der Waals surface area contributed by atoms with Crippen LogP contribution in [0.1, 0.15) is 40.0 Å². The standard InChI is InChI=1S/C14H13N3O5/c18-12-11(3-1-2-6-15-12)16-13(19)9-5-4-8(17(21)22)7-10(9)14(16)20/h4-5,7,11H,1-3,6H2,(H,15,18). The zero-order valence-corrected chi connectivity index (χ0v) is 11.6. The number of hydrogen-bond acceptors (Lipinski definition) is 5. The number of hydrogen-bond donors (Lipinski definition) is 1. The third kappa shape index (κ3) is 2.12. The number of carbonyl (C=O) groups is 3. The Morgan fingerprint density at radius 3 is 2.59 bits per heavy atom. The molecule has 3 rings (SSSR count). The van der Waals surface area contributed by atoms with Gasteiger partial charge in [-0.3, -0.25) is 29.4 Å². The number of rotatable bonds is 2. The minimum atomic E-state index is -0.853. The molecule has 1 aromatic rings. The second-order valence-corrected chi connectivity index (χ2v) is 5.27. The molecule has 0 spiro atoms. The van der Waals surface area contributed by atoms with E-state index in [9.17, 15) is 24.5 Å². The van der Waals surface area contributed by atoms with E-state index in [1.165, 1.54) is 12.1 Å². The molecule has 8 nitrogen and oxygen atoms in total. The second kappa shape index (κ2) is 5.21. The average molecular weight is 303 g/mol. The summed E-state index contributed by atoms with van der Waals surface area (Å²) in [6, 6.07) is 2.68. The molecule has 0 bridgehead atoms. The number of imide groups is 1. The highest BCUT2D eigenvalue weighted by atomic mass is 16.6. The van der Waals surface area contributed by atoms with Crippen molar-refractivity contribution in [1.29, 1.82) is 0 Å². The summed E-state index contributed by atoms with van der Waals surface area (Å²) in [5.41, 5.74) is -0.170. The number of nitrogens with zero attached hydrogens (tertiary/aromatic N) is 2. The van der Waals surface area contributed by atoms with E-state index >= 15 is 0 Å². The van der Waals surface area contributed by atoms with Crippen LogP contribution in [0, 0.1) is 10.1 Å². The molecule has 8 heteroatoms. The van der Waals surface area contributed by atoms with Crippen LogP contribution in [0.3, 0.4) is 0 Å². The van der Waals surface area contributed by atoms with Crippen LogP contribution in [0.5, 0.6) is 0 Å². The quantitative estimate of drug-likeness (QED) is 0.495. The molecule has 1 aromatic carbocycles. The van der Waals surface area contributed by atoms with Crippen molar-refractivity contribution in [2.24, 2.45) is 0 Å². The van der Waals surface area contributed by atoms with Gasteiger partial charge in [0.2, 0.25) is 5.91 Å². The van der Waals surface area contributed by atoms with E-state index in [1.807, 2.05) is 0 Å². The van der Waals surface area contributed by atoms with Gasteiger partial charge in [-0.25, -0.2) is 0 Å². The molecule has 1 N–H and O–H groups in total. The van der Waals surface area contributed by atoms with E-state index in [-0.39, 0.29) is 22.7 Å². The van der Waals surface area contributed by atoms with Crippen LogP contribution in [-0.2, 0) is 4.79 Å².